The molecular weight excluding hydrogens is 480 g/mol. The average Bonchev–Trinajstić information content (AvgIpc) is 3.47. The molecule has 0 saturated heterocycles. The zero-order valence-electron chi connectivity index (χ0n) is 20.9. The molecule has 5 heteroatoms. The highest BCUT2D eigenvalue weighted by atomic mass is 16.3. The number of para-hydroxylation sites is 2. The van der Waals surface area contributed by atoms with Crippen LogP contribution in [0.15, 0.2) is 138 Å². The lowest BCUT2D eigenvalue weighted by Crippen LogP contribution is -2.00. The van der Waals surface area contributed by atoms with E-state index >= 15 is 0 Å². The predicted octanol–water partition coefficient (Wildman–Crippen LogP) is 8.35. The minimum Gasteiger partial charge on any atom is -0.436 e. The van der Waals surface area contributed by atoms with Crippen molar-refractivity contribution >= 4 is 11.1 Å². The van der Waals surface area contributed by atoms with Crippen molar-refractivity contribution in [3.63, 3.8) is 0 Å². The van der Waals surface area contributed by atoms with Crippen LogP contribution < -0.4 is 0 Å². The molecule has 0 saturated carbocycles. The van der Waals surface area contributed by atoms with Crippen LogP contribution in [0.3, 0.4) is 0 Å². The third-order valence-corrected chi connectivity index (χ3v) is 6.56. The Morgan fingerprint density at radius 3 is 1.44 bits per heavy atom. The maximum Gasteiger partial charge on any atom is 0.227 e. The van der Waals surface area contributed by atoms with Gasteiger partial charge in [-0.3, -0.25) is 0 Å². The standard InChI is InChI=1S/C34H22N4O/c1-3-11-23(12-4-1)31-36-32(24-13-5-2-6-14-24)38-33(37-31)27-17-9-15-25(21-27)26-16-10-18-28(22-26)34-35-29-19-7-8-20-30(29)39-34/h1-22H. The van der Waals surface area contributed by atoms with Gasteiger partial charge in [0.2, 0.25) is 5.89 Å². The van der Waals surface area contributed by atoms with Gasteiger partial charge in [-0.25, -0.2) is 19.9 Å². The van der Waals surface area contributed by atoms with Crippen molar-refractivity contribution in [2.45, 2.75) is 0 Å². The Hall–Kier alpha value is -5.42. The summed E-state index contributed by atoms with van der Waals surface area (Å²) < 4.78 is 6.01. The molecule has 2 heterocycles. The SMILES string of the molecule is c1ccc(-c2nc(-c3ccccc3)nc(-c3cccc(-c4cccc(-c5nc6ccccc6o5)c4)c3)n2)cc1. The Morgan fingerprint density at radius 1 is 0.359 bits per heavy atom. The van der Waals surface area contributed by atoms with Crippen molar-refractivity contribution in [3.8, 4) is 56.7 Å². The molecule has 2 aromatic heterocycles. The Morgan fingerprint density at radius 2 is 0.821 bits per heavy atom. The number of aromatic nitrogens is 4. The molecule has 0 atom stereocenters. The zero-order chi connectivity index (χ0) is 26.0. The summed E-state index contributed by atoms with van der Waals surface area (Å²) in [5.41, 5.74) is 7.45. The van der Waals surface area contributed by atoms with E-state index in [0.717, 1.165) is 44.5 Å². The molecular formula is C34H22N4O. The van der Waals surface area contributed by atoms with Crippen molar-refractivity contribution in [1.82, 2.24) is 19.9 Å². The van der Waals surface area contributed by atoms with Crippen LogP contribution in [0, 0.1) is 0 Å². The van der Waals surface area contributed by atoms with Gasteiger partial charge in [0.15, 0.2) is 23.1 Å². The molecule has 0 unspecified atom stereocenters. The summed E-state index contributed by atoms with van der Waals surface area (Å²) >= 11 is 0. The fourth-order valence-electron chi connectivity index (χ4n) is 4.60. The zero-order valence-corrected chi connectivity index (χ0v) is 20.9. The highest BCUT2D eigenvalue weighted by Gasteiger charge is 2.14. The van der Waals surface area contributed by atoms with E-state index in [0.29, 0.717) is 23.4 Å². The van der Waals surface area contributed by atoms with Gasteiger partial charge in [0.05, 0.1) is 0 Å². The summed E-state index contributed by atoms with van der Waals surface area (Å²) in [5, 5.41) is 0. The van der Waals surface area contributed by atoms with Crippen LogP contribution in [0.1, 0.15) is 0 Å². The van der Waals surface area contributed by atoms with Gasteiger partial charge in [0.1, 0.15) is 5.52 Å². The largest absolute Gasteiger partial charge is 0.436 e. The molecule has 5 aromatic carbocycles. The highest BCUT2D eigenvalue weighted by molar-refractivity contribution is 5.78. The number of nitrogens with zero attached hydrogens (tertiary/aromatic N) is 4. The van der Waals surface area contributed by atoms with Crippen LogP contribution in [0.2, 0.25) is 0 Å². The first-order chi connectivity index (χ1) is 19.3. The number of oxazole rings is 1. The van der Waals surface area contributed by atoms with Crippen molar-refractivity contribution in [1.29, 1.82) is 0 Å². The molecule has 7 aromatic rings. The minimum absolute atomic E-state index is 0.603. The number of fused-ring (bicyclic) bond motifs is 1. The lowest BCUT2D eigenvalue weighted by molar-refractivity contribution is 0.620. The lowest BCUT2D eigenvalue weighted by atomic mass is 10.0. The lowest BCUT2D eigenvalue weighted by Gasteiger charge is -2.10. The van der Waals surface area contributed by atoms with Crippen molar-refractivity contribution in [3.05, 3.63) is 133 Å². The van der Waals surface area contributed by atoms with Gasteiger partial charge >= 0.3 is 0 Å². The summed E-state index contributed by atoms with van der Waals surface area (Å²) in [6, 6.07) is 44.3. The second-order valence-electron chi connectivity index (χ2n) is 9.19. The minimum atomic E-state index is 0.603. The fraction of sp³-hybridized carbons (Fsp3) is 0. The van der Waals surface area contributed by atoms with E-state index in [1.807, 2.05) is 109 Å². The molecule has 7 rings (SSSR count). The van der Waals surface area contributed by atoms with Gasteiger partial charge in [0, 0.05) is 22.3 Å². The Kier molecular flexibility index (Phi) is 5.72. The van der Waals surface area contributed by atoms with Crippen LogP contribution in [0.25, 0.3) is 67.8 Å². The fourth-order valence-corrected chi connectivity index (χ4v) is 4.60. The van der Waals surface area contributed by atoms with E-state index in [1.54, 1.807) is 0 Å². The van der Waals surface area contributed by atoms with E-state index in [-0.39, 0.29) is 0 Å². The molecule has 0 amide bonds. The number of hydrogen-bond acceptors (Lipinski definition) is 5. The molecule has 0 fully saturated rings. The summed E-state index contributed by atoms with van der Waals surface area (Å²) in [5.74, 6) is 2.51. The van der Waals surface area contributed by atoms with Crippen LogP contribution in [0.4, 0.5) is 0 Å². The van der Waals surface area contributed by atoms with Crippen molar-refractivity contribution in [2.75, 3.05) is 0 Å². The van der Waals surface area contributed by atoms with Gasteiger partial charge < -0.3 is 4.42 Å². The smallest absolute Gasteiger partial charge is 0.227 e. The monoisotopic (exact) mass is 502 g/mol. The number of rotatable bonds is 5. The molecule has 0 aliphatic rings. The second kappa shape index (κ2) is 9.80. The molecule has 5 nitrogen and oxygen atoms in total. The van der Waals surface area contributed by atoms with Gasteiger partial charge in [-0.2, -0.15) is 0 Å². The first-order valence-corrected chi connectivity index (χ1v) is 12.7. The molecule has 0 aliphatic carbocycles. The molecule has 184 valence electrons. The van der Waals surface area contributed by atoms with Gasteiger partial charge in [-0.05, 0) is 41.5 Å². The quantitative estimate of drug-likeness (QED) is 0.237. The predicted molar refractivity (Wildman–Crippen MR) is 155 cm³/mol. The van der Waals surface area contributed by atoms with Gasteiger partial charge in [-0.15, -0.1) is 0 Å². The van der Waals surface area contributed by atoms with E-state index < -0.39 is 0 Å². The van der Waals surface area contributed by atoms with Crippen LogP contribution in [0.5, 0.6) is 0 Å². The topological polar surface area (TPSA) is 64.7 Å². The number of benzene rings is 5. The average molecular weight is 503 g/mol. The maximum absolute atomic E-state index is 6.01. The van der Waals surface area contributed by atoms with Crippen molar-refractivity contribution in [2.24, 2.45) is 0 Å². The molecule has 0 radical (unpaired) electrons. The summed E-state index contributed by atoms with van der Waals surface area (Å²) in [6.45, 7) is 0. The first-order valence-electron chi connectivity index (χ1n) is 12.7. The summed E-state index contributed by atoms with van der Waals surface area (Å²) in [4.78, 5) is 19.2. The Labute approximate surface area is 225 Å². The Balaban J connectivity index is 1.31. The van der Waals surface area contributed by atoms with Gasteiger partial charge in [0.25, 0.3) is 0 Å². The van der Waals surface area contributed by atoms with Gasteiger partial charge in [-0.1, -0.05) is 103 Å². The van der Waals surface area contributed by atoms with E-state index in [9.17, 15) is 0 Å². The molecule has 39 heavy (non-hydrogen) atoms. The second-order valence-corrected chi connectivity index (χ2v) is 9.19. The van der Waals surface area contributed by atoms with Crippen LogP contribution in [-0.4, -0.2) is 19.9 Å². The van der Waals surface area contributed by atoms with E-state index in [4.69, 9.17) is 19.4 Å². The normalized spacial score (nSPS) is 11.1. The molecule has 0 spiro atoms. The van der Waals surface area contributed by atoms with E-state index in [1.165, 1.54) is 0 Å². The van der Waals surface area contributed by atoms with Crippen LogP contribution in [-0.2, 0) is 0 Å². The van der Waals surface area contributed by atoms with Crippen LogP contribution >= 0.6 is 0 Å². The third-order valence-electron chi connectivity index (χ3n) is 6.56. The Bertz CT molecular complexity index is 1820. The molecule has 0 aliphatic heterocycles. The maximum atomic E-state index is 6.01. The summed E-state index contributed by atoms with van der Waals surface area (Å²) in [6.07, 6.45) is 0. The highest BCUT2D eigenvalue weighted by Crippen LogP contribution is 2.31. The number of hydrogen-bond donors (Lipinski definition) is 0. The molecule has 0 bridgehead atoms. The van der Waals surface area contributed by atoms with E-state index in [2.05, 4.69) is 29.2 Å². The third kappa shape index (κ3) is 4.58. The summed E-state index contributed by atoms with van der Waals surface area (Å²) in [7, 11) is 0. The first kappa shape index (κ1) is 22.8. The molecule has 0 N–H and O–H groups in total. The van der Waals surface area contributed by atoms with Crippen molar-refractivity contribution < 1.29 is 4.42 Å².